The number of likely N-dealkylation sites (tertiary alicyclic amines) is 1. The molecule has 9 heteroatoms. The molecule has 2 fully saturated rings. The van der Waals surface area contributed by atoms with Crippen molar-refractivity contribution < 1.29 is 19.2 Å². The molecular weight excluding hydrogens is 388 g/mol. The fourth-order valence-corrected chi connectivity index (χ4v) is 4.06. The monoisotopic (exact) mass is 418 g/mol. The molecule has 2 saturated heterocycles. The van der Waals surface area contributed by atoms with Gasteiger partial charge in [-0.1, -0.05) is 0 Å². The van der Waals surface area contributed by atoms with E-state index in [4.69, 9.17) is 4.74 Å². The smallest absolute Gasteiger partial charge is 0.272 e. The average Bonchev–Trinajstić information content (AvgIpc) is 3.23. The van der Waals surface area contributed by atoms with Crippen molar-refractivity contribution in [2.45, 2.75) is 38.6 Å². The quantitative estimate of drug-likeness (QED) is 0.392. The zero-order valence-corrected chi connectivity index (χ0v) is 17.5. The molecule has 2 aliphatic rings. The Balaban J connectivity index is 1.48. The van der Waals surface area contributed by atoms with E-state index >= 15 is 0 Å². The molecule has 164 valence electrons. The van der Waals surface area contributed by atoms with Crippen molar-refractivity contribution in [3.63, 3.8) is 0 Å². The Morgan fingerprint density at radius 1 is 1.23 bits per heavy atom. The fourth-order valence-electron chi connectivity index (χ4n) is 4.06. The lowest BCUT2D eigenvalue weighted by atomic mass is 10.1. The minimum absolute atomic E-state index is 0.0145. The first kappa shape index (κ1) is 22.2. The number of carbonyl (C=O) groups excluding carboxylic acids is 2. The molecule has 2 amide bonds. The molecule has 1 aromatic rings. The van der Waals surface area contributed by atoms with Crippen LogP contribution in [0.4, 0.5) is 5.69 Å². The van der Waals surface area contributed by atoms with Crippen molar-refractivity contribution in [1.29, 1.82) is 0 Å². The number of aryl methyl sites for hydroxylation is 1. The maximum atomic E-state index is 12.9. The number of morpholine rings is 1. The van der Waals surface area contributed by atoms with Gasteiger partial charge in [-0.25, -0.2) is 0 Å². The van der Waals surface area contributed by atoms with Crippen LogP contribution in [0, 0.1) is 17.0 Å². The highest BCUT2D eigenvalue weighted by Gasteiger charge is 2.34. The Kier molecular flexibility index (Phi) is 7.75. The van der Waals surface area contributed by atoms with Crippen LogP contribution in [-0.4, -0.2) is 78.5 Å². The predicted molar refractivity (Wildman–Crippen MR) is 111 cm³/mol. The molecule has 1 unspecified atom stereocenters. The molecule has 0 spiro atoms. The summed E-state index contributed by atoms with van der Waals surface area (Å²) in [5.74, 6) is -0.371. The highest BCUT2D eigenvalue weighted by molar-refractivity contribution is 5.98. The third-order valence-electron chi connectivity index (χ3n) is 5.76. The van der Waals surface area contributed by atoms with Crippen LogP contribution in [0.25, 0.3) is 0 Å². The maximum Gasteiger partial charge on any atom is 0.272 e. The second-order valence-electron chi connectivity index (χ2n) is 7.87. The molecule has 0 saturated carbocycles. The predicted octanol–water partition coefficient (Wildman–Crippen LogP) is 1.74. The van der Waals surface area contributed by atoms with Crippen molar-refractivity contribution in [1.82, 2.24) is 15.1 Å². The number of benzene rings is 1. The van der Waals surface area contributed by atoms with Crippen LogP contribution in [0.1, 0.15) is 41.6 Å². The van der Waals surface area contributed by atoms with Gasteiger partial charge in [0.2, 0.25) is 5.91 Å². The van der Waals surface area contributed by atoms with Crippen LogP contribution < -0.4 is 5.32 Å². The summed E-state index contributed by atoms with van der Waals surface area (Å²) in [6.07, 6.45) is 3.31. The zero-order chi connectivity index (χ0) is 21.5. The zero-order valence-electron chi connectivity index (χ0n) is 17.5. The normalized spacial score (nSPS) is 19.6. The number of carbonyl (C=O) groups is 2. The Hall–Kier alpha value is -2.52. The number of ether oxygens (including phenoxy) is 1. The van der Waals surface area contributed by atoms with Gasteiger partial charge < -0.3 is 15.0 Å². The van der Waals surface area contributed by atoms with Gasteiger partial charge in [-0.15, -0.1) is 0 Å². The van der Waals surface area contributed by atoms with Gasteiger partial charge in [0.25, 0.3) is 11.6 Å². The summed E-state index contributed by atoms with van der Waals surface area (Å²) < 4.78 is 5.34. The number of nitrogens with one attached hydrogen (secondary N) is 1. The van der Waals surface area contributed by atoms with Crippen LogP contribution in [0.15, 0.2) is 18.2 Å². The largest absolute Gasteiger partial charge is 0.379 e. The Morgan fingerprint density at radius 2 is 2.00 bits per heavy atom. The molecule has 3 rings (SSSR count). The van der Waals surface area contributed by atoms with E-state index in [-0.39, 0.29) is 17.5 Å². The van der Waals surface area contributed by atoms with Crippen molar-refractivity contribution in [3.8, 4) is 0 Å². The number of amides is 2. The van der Waals surface area contributed by atoms with Gasteiger partial charge in [0, 0.05) is 43.4 Å². The molecular formula is C21H30N4O5. The third-order valence-corrected chi connectivity index (χ3v) is 5.76. The minimum Gasteiger partial charge on any atom is -0.379 e. The Morgan fingerprint density at radius 3 is 2.70 bits per heavy atom. The molecule has 1 aromatic carbocycles. The van der Waals surface area contributed by atoms with E-state index in [0.717, 1.165) is 52.1 Å². The summed E-state index contributed by atoms with van der Waals surface area (Å²) in [4.78, 5) is 40.0. The second-order valence-corrected chi connectivity index (χ2v) is 7.87. The van der Waals surface area contributed by atoms with E-state index in [1.54, 1.807) is 11.8 Å². The van der Waals surface area contributed by atoms with Crippen LogP contribution in [-0.2, 0) is 9.53 Å². The molecule has 30 heavy (non-hydrogen) atoms. The molecule has 2 heterocycles. The number of nitrogens with zero attached hydrogens (tertiary/aromatic N) is 3. The summed E-state index contributed by atoms with van der Waals surface area (Å²) in [5, 5.41) is 14.0. The lowest BCUT2D eigenvalue weighted by Gasteiger charge is -2.26. The second kappa shape index (κ2) is 10.5. The third kappa shape index (κ3) is 5.54. The number of hydrogen-bond donors (Lipinski definition) is 1. The van der Waals surface area contributed by atoms with Crippen molar-refractivity contribution in [2.75, 3.05) is 45.9 Å². The summed E-state index contributed by atoms with van der Waals surface area (Å²) in [6, 6.07) is 3.86. The van der Waals surface area contributed by atoms with Gasteiger partial charge in [-0.05, 0) is 51.3 Å². The molecule has 0 radical (unpaired) electrons. The molecule has 2 aliphatic heterocycles. The lowest BCUT2D eigenvalue weighted by Crippen LogP contribution is -2.46. The van der Waals surface area contributed by atoms with E-state index in [2.05, 4.69) is 10.2 Å². The summed E-state index contributed by atoms with van der Waals surface area (Å²) in [5.41, 5.74) is 0.800. The molecule has 0 aromatic heterocycles. The van der Waals surface area contributed by atoms with E-state index in [9.17, 15) is 19.7 Å². The number of nitro benzene ring substituents is 1. The average molecular weight is 418 g/mol. The van der Waals surface area contributed by atoms with Gasteiger partial charge in [0.1, 0.15) is 6.04 Å². The maximum absolute atomic E-state index is 12.9. The number of nitro groups is 1. The van der Waals surface area contributed by atoms with Crippen LogP contribution in [0.2, 0.25) is 0 Å². The van der Waals surface area contributed by atoms with Gasteiger partial charge in [-0.2, -0.15) is 0 Å². The first-order valence-electron chi connectivity index (χ1n) is 10.6. The summed E-state index contributed by atoms with van der Waals surface area (Å²) >= 11 is 0. The van der Waals surface area contributed by atoms with Crippen LogP contribution in [0.3, 0.4) is 0 Å². The van der Waals surface area contributed by atoms with Gasteiger partial charge in [-0.3, -0.25) is 24.6 Å². The number of unbranched alkanes of at least 4 members (excludes halogenated alkanes) is 1. The minimum atomic E-state index is -0.479. The van der Waals surface area contributed by atoms with Crippen molar-refractivity contribution in [3.05, 3.63) is 39.4 Å². The van der Waals surface area contributed by atoms with E-state index < -0.39 is 11.0 Å². The molecule has 0 bridgehead atoms. The van der Waals surface area contributed by atoms with Crippen molar-refractivity contribution in [2.24, 2.45) is 0 Å². The summed E-state index contributed by atoms with van der Waals surface area (Å²) in [6.45, 7) is 7.24. The topological polar surface area (TPSA) is 105 Å². The summed E-state index contributed by atoms with van der Waals surface area (Å²) in [7, 11) is 0. The highest BCUT2D eigenvalue weighted by atomic mass is 16.6. The van der Waals surface area contributed by atoms with Crippen LogP contribution >= 0.6 is 0 Å². The number of rotatable bonds is 8. The highest BCUT2D eigenvalue weighted by Crippen LogP contribution is 2.24. The van der Waals surface area contributed by atoms with Crippen LogP contribution in [0.5, 0.6) is 0 Å². The lowest BCUT2D eigenvalue weighted by molar-refractivity contribution is -0.385. The SMILES string of the molecule is Cc1cc(C(=O)N2CCCC2C(=O)NCCCCN2CCOCC2)ccc1[N+](=O)[O-]. The van der Waals surface area contributed by atoms with Gasteiger partial charge in [0.15, 0.2) is 0 Å². The Labute approximate surface area is 176 Å². The molecule has 1 N–H and O–H groups in total. The standard InChI is InChI=1S/C21H30N4O5/c1-16-15-17(6-7-18(16)25(28)29)21(27)24-10-4-5-19(24)20(26)22-8-2-3-9-23-11-13-30-14-12-23/h6-7,15,19H,2-5,8-14H2,1H3,(H,22,26). The van der Waals surface area contributed by atoms with E-state index in [0.29, 0.717) is 30.6 Å². The van der Waals surface area contributed by atoms with Gasteiger partial charge in [0.05, 0.1) is 18.1 Å². The molecule has 1 atom stereocenters. The molecule has 0 aliphatic carbocycles. The molecule has 9 nitrogen and oxygen atoms in total. The first-order chi connectivity index (χ1) is 14.5. The first-order valence-corrected chi connectivity index (χ1v) is 10.6. The number of hydrogen-bond acceptors (Lipinski definition) is 6. The van der Waals surface area contributed by atoms with E-state index in [1.807, 2.05) is 0 Å². The van der Waals surface area contributed by atoms with Crippen molar-refractivity contribution >= 4 is 17.5 Å². The van der Waals surface area contributed by atoms with E-state index in [1.165, 1.54) is 18.2 Å². The Bertz CT molecular complexity index is 779. The fraction of sp³-hybridized carbons (Fsp3) is 0.619. The van der Waals surface area contributed by atoms with Gasteiger partial charge >= 0.3 is 0 Å².